The van der Waals surface area contributed by atoms with E-state index in [0.717, 1.165) is 0 Å². The quantitative estimate of drug-likeness (QED) is 0.708. The van der Waals surface area contributed by atoms with E-state index in [0.29, 0.717) is 37.1 Å². The fourth-order valence-corrected chi connectivity index (χ4v) is 3.24. The number of carbonyl (C=O) groups is 1. The van der Waals surface area contributed by atoms with Gasteiger partial charge in [-0.05, 0) is 32.9 Å². The zero-order valence-electron chi connectivity index (χ0n) is 16.2. The zero-order chi connectivity index (χ0) is 20.3. The smallest absolute Gasteiger partial charge is 0.229 e. The molecule has 1 aliphatic heterocycles. The Morgan fingerprint density at radius 3 is 2.79 bits per heavy atom. The summed E-state index contributed by atoms with van der Waals surface area (Å²) in [5.41, 5.74) is -0.584. The van der Waals surface area contributed by atoms with Gasteiger partial charge in [0.25, 0.3) is 0 Å². The van der Waals surface area contributed by atoms with Gasteiger partial charge in [-0.1, -0.05) is 6.07 Å². The Morgan fingerprint density at radius 2 is 2.11 bits per heavy atom. The molecule has 0 saturated carbocycles. The van der Waals surface area contributed by atoms with Gasteiger partial charge in [0.05, 0.1) is 5.41 Å². The number of hydrogen-bond acceptors (Lipinski definition) is 5. The number of nitrogens with zero attached hydrogens (tertiary/aromatic N) is 4. The van der Waals surface area contributed by atoms with E-state index in [9.17, 15) is 9.18 Å². The first-order valence-corrected chi connectivity index (χ1v) is 9.71. The van der Waals surface area contributed by atoms with Crippen molar-refractivity contribution in [3.8, 4) is 11.6 Å². The summed E-state index contributed by atoms with van der Waals surface area (Å²) in [6, 6.07) is 7.63. The van der Waals surface area contributed by atoms with Crippen LogP contribution in [0.2, 0.25) is 0 Å². The van der Waals surface area contributed by atoms with Crippen LogP contribution in [-0.2, 0) is 4.79 Å². The zero-order valence-corrected chi connectivity index (χ0v) is 17.0. The van der Waals surface area contributed by atoms with Gasteiger partial charge in [-0.25, -0.2) is 14.4 Å². The fourth-order valence-electron chi connectivity index (χ4n) is 3.12. The summed E-state index contributed by atoms with van der Waals surface area (Å²) >= 11 is 5.96. The minimum atomic E-state index is -0.584. The predicted molar refractivity (Wildman–Crippen MR) is 106 cm³/mol. The molecule has 1 fully saturated rings. The first-order valence-electron chi connectivity index (χ1n) is 9.17. The van der Waals surface area contributed by atoms with Crippen molar-refractivity contribution < 1.29 is 13.9 Å². The van der Waals surface area contributed by atoms with Gasteiger partial charge in [-0.3, -0.25) is 4.79 Å². The lowest BCUT2D eigenvalue weighted by molar-refractivity contribution is -0.141. The molecule has 0 aliphatic carbocycles. The Bertz CT molecular complexity index is 848. The second kappa shape index (κ2) is 8.31. The Balaban J connectivity index is 1.69. The highest BCUT2D eigenvalue weighted by atomic mass is 35.5. The molecule has 0 N–H and O–H groups in total. The van der Waals surface area contributed by atoms with Gasteiger partial charge in [0.1, 0.15) is 23.7 Å². The standard InChI is InChI=1S/C20H24ClFN4O2/c1-14-11-25(7-8-26(14)19(27)20(2,3)12-21)17-10-18(24-13-23-17)28-16-6-4-5-15(22)9-16/h4-6,9-10,13-14H,7-8,11-12H2,1-3H3/t14-/m0/s1. The molecular formula is C20H24ClFN4O2. The number of benzene rings is 1. The van der Waals surface area contributed by atoms with E-state index in [1.807, 2.05) is 25.7 Å². The molecule has 2 aromatic rings. The van der Waals surface area contributed by atoms with Gasteiger partial charge in [0, 0.05) is 43.7 Å². The number of hydrogen-bond donors (Lipinski definition) is 0. The summed E-state index contributed by atoms with van der Waals surface area (Å²) in [7, 11) is 0. The Hall–Kier alpha value is -2.41. The molecule has 150 valence electrons. The lowest BCUT2D eigenvalue weighted by Gasteiger charge is -2.43. The van der Waals surface area contributed by atoms with Crippen LogP contribution in [0.25, 0.3) is 0 Å². The maximum Gasteiger partial charge on any atom is 0.229 e. The second-order valence-corrected chi connectivity index (χ2v) is 7.85. The minimum absolute atomic E-state index is 0.0197. The maximum atomic E-state index is 13.3. The van der Waals surface area contributed by atoms with Crippen molar-refractivity contribution in [2.45, 2.75) is 26.8 Å². The SMILES string of the molecule is C[C@H]1CN(c2cc(Oc3cccc(F)c3)ncn2)CCN1C(=O)C(C)(C)CCl. The van der Waals surface area contributed by atoms with Gasteiger partial charge in [0.15, 0.2) is 0 Å². The average molecular weight is 407 g/mol. The van der Waals surface area contributed by atoms with Gasteiger partial charge in [-0.15, -0.1) is 11.6 Å². The highest BCUT2D eigenvalue weighted by Gasteiger charge is 2.36. The molecular weight excluding hydrogens is 383 g/mol. The van der Waals surface area contributed by atoms with Crippen LogP contribution in [0, 0.1) is 11.2 Å². The van der Waals surface area contributed by atoms with Crippen LogP contribution >= 0.6 is 11.6 Å². The van der Waals surface area contributed by atoms with Crippen molar-refractivity contribution in [1.82, 2.24) is 14.9 Å². The Labute approximate surface area is 169 Å². The molecule has 1 amide bonds. The molecule has 1 saturated heterocycles. The van der Waals surface area contributed by atoms with Crippen LogP contribution < -0.4 is 9.64 Å². The van der Waals surface area contributed by atoms with Gasteiger partial charge < -0.3 is 14.5 Å². The summed E-state index contributed by atoms with van der Waals surface area (Å²) in [6.45, 7) is 7.61. The molecule has 0 spiro atoms. The van der Waals surface area contributed by atoms with Crippen molar-refractivity contribution in [2.75, 3.05) is 30.4 Å². The molecule has 28 heavy (non-hydrogen) atoms. The van der Waals surface area contributed by atoms with E-state index in [-0.39, 0.29) is 23.6 Å². The number of piperazine rings is 1. The summed E-state index contributed by atoms with van der Waals surface area (Å²) in [5.74, 6) is 1.39. The summed E-state index contributed by atoms with van der Waals surface area (Å²) in [4.78, 5) is 25.1. The largest absolute Gasteiger partial charge is 0.439 e. The fraction of sp³-hybridized carbons (Fsp3) is 0.450. The van der Waals surface area contributed by atoms with Gasteiger partial charge in [0.2, 0.25) is 11.8 Å². The van der Waals surface area contributed by atoms with E-state index < -0.39 is 5.41 Å². The molecule has 1 aromatic carbocycles. The summed E-state index contributed by atoms with van der Waals surface area (Å²) in [5, 5.41) is 0. The first kappa shape index (κ1) is 20.3. The van der Waals surface area contributed by atoms with Crippen molar-refractivity contribution in [2.24, 2.45) is 5.41 Å². The van der Waals surface area contributed by atoms with Crippen LogP contribution in [0.15, 0.2) is 36.7 Å². The lowest BCUT2D eigenvalue weighted by atomic mass is 9.93. The van der Waals surface area contributed by atoms with Crippen molar-refractivity contribution in [3.63, 3.8) is 0 Å². The van der Waals surface area contributed by atoms with E-state index in [4.69, 9.17) is 16.3 Å². The van der Waals surface area contributed by atoms with Crippen LogP contribution in [0.4, 0.5) is 10.2 Å². The minimum Gasteiger partial charge on any atom is -0.439 e. The Morgan fingerprint density at radius 1 is 1.32 bits per heavy atom. The highest BCUT2D eigenvalue weighted by molar-refractivity contribution is 6.19. The Kier molecular flexibility index (Phi) is 6.03. The molecule has 0 radical (unpaired) electrons. The molecule has 0 unspecified atom stereocenters. The van der Waals surface area contributed by atoms with Crippen LogP contribution in [0.5, 0.6) is 11.6 Å². The average Bonchev–Trinajstić information content (AvgIpc) is 2.67. The normalized spacial score (nSPS) is 17.5. The van der Waals surface area contributed by atoms with E-state index >= 15 is 0 Å². The summed E-state index contributed by atoms with van der Waals surface area (Å²) < 4.78 is 19.0. The highest BCUT2D eigenvalue weighted by Crippen LogP contribution is 2.27. The van der Waals surface area contributed by atoms with E-state index in [1.165, 1.54) is 18.5 Å². The number of aromatic nitrogens is 2. The molecule has 8 heteroatoms. The number of amides is 1. The van der Waals surface area contributed by atoms with Gasteiger partial charge in [-0.2, -0.15) is 0 Å². The maximum absolute atomic E-state index is 13.3. The number of ether oxygens (including phenoxy) is 1. The number of alkyl halides is 1. The molecule has 1 aromatic heterocycles. The molecule has 6 nitrogen and oxygen atoms in total. The molecule has 1 atom stereocenters. The monoisotopic (exact) mass is 406 g/mol. The topological polar surface area (TPSA) is 58.6 Å². The van der Waals surface area contributed by atoms with Gasteiger partial charge >= 0.3 is 0 Å². The van der Waals surface area contributed by atoms with Crippen LogP contribution in [-0.4, -0.2) is 52.3 Å². The van der Waals surface area contributed by atoms with Crippen molar-refractivity contribution in [3.05, 3.63) is 42.5 Å². The van der Waals surface area contributed by atoms with Crippen LogP contribution in [0.1, 0.15) is 20.8 Å². The molecule has 1 aliphatic rings. The lowest BCUT2D eigenvalue weighted by Crippen LogP contribution is -2.57. The third kappa shape index (κ3) is 4.52. The van der Waals surface area contributed by atoms with Crippen LogP contribution in [0.3, 0.4) is 0 Å². The van der Waals surface area contributed by atoms with E-state index in [2.05, 4.69) is 14.9 Å². The first-order chi connectivity index (χ1) is 13.3. The number of carbonyl (C=O) groups excluding carboxylic acids is 1. The molecule has 3 rings (SSSR count). The number of halogens is 2. The van der Waals surface area contributed by atoms with Crippen molar-refractivity contribution in [1.29, 1.82) is 0 Å². The molecule has 2 heterocycles. The second-order valence-electron chi connectivity index (χ2n) is 7.58. The van der Waals surface area contributed by atoms with E-state index in [1.54, 1.807) is 18.2 Å². The number of rotatable bonds is 5. The predicted octanol–water partition coefficient (Wildman–Crippen LogP) is 3.71. The molecule has 0 bridgehead atoms. The summed E-state index contributed by atoms with van der Waals surface area (Å²) in [6.07, 6.45) is 1.42. The third-order valence-electron chi connectivity index (χ3n) is 4.77. The van der Waals surface area contributed by atoms with Crippen molar-refractivity contribution >= 4 is 23.3 Å². The third-order valence-corrected chi connectivity index (χ3v) is 5.44. The number of anilines is 1.